The van der Waals surface area contributed by atoms with Gasteiger partial charge in [-0.1, -0.05) is 59.9 Å². The second kappa shape index (κ2) is 8.26. The van der Waals surface area contributed by atoms with E-state index in [1.54, 1.807) is 24.3 Å². The molecule has 0 aliphatic rings. The number of halogens is 3. The molecule has 5 nitrogen and oxygen atoms in total. The van der Waals surface area contributed by atoms with Crippen LogP contribution in [0.5, 0.6) is 0 Å². The normalized spacial score (nSPS) is 12.2. The van der Waals surface area contributed by atoms with E-state index in [0.717, 1.165) is 10.0 Å². The zero-order valence-electron chi connectivity index (χ0n) is 17.0. The van der Waals surface area contributed by atoms with Gasteiger partial charge in [-0.3, -0.25) is 4.79 Å². The van der Waals surface area contributed by atoms with Crippen LogP contribution >= 0.6 is 39.1 Å². The van der Waals surface area contributed by atoms with E-state index in [1.165, 1.54) is 10.9 Å². The van der Waals surface area contributed by atoms with Crippen LogP contribution in [-0.4, -0.2) is 15.9 Å². The fourth-order valence-electron chi connectivity index (χ4n) is 3.08. The van der Waals surface area contributed by atoms with Crippen LogP contribution in [0.1, 0.15) is 32.4 Å². The van der Waals surface area contributed by atoms with Gasteiger partial charge in [0.1, 0.15) is 17.3 Å². The van der Waals surface area contributed by atoms with Gasteiger partial charge in [-0.15, -0.1) is 0 Å². The molecule has 31 heavy (non-hydrogen) atoms. The molecule has 4 aromatic rings. The smallest absolute Gasteiger partial charge is 0.282 e. The van der Waals surface area contributed by atoms with Gasteiger partial charge in [-0.05, 0) is 48.5 Å². The predicted octanol–water partition coefficient (Wildman–Crippen LogP) is 6.91. The van der Waals surface area contributed by atoms with Gasteiger partial charge in [0.25, 0.3) is 5.56 Å². The van der Waals surface area contributed by atoms with E-state index in [4.69, 9.17) is 32.6 Å². The molecule has 0 amide bonds. The van der Waals surface area contributed by atoms with E-state index in [2.05, 4.69) is 21.0 Å². The van der Waals surface area contributed by atoms with E-state index >= 15 is 0 Å². The summed E-state index contributed by atoms with van der Waals surface area (Å²) in [6, 6.07) is 14.3. The first-order valence-electron chi connectivity index (χ1n) is 9.46. The molecule has 0 unspecified atom stereocenters. The molecule has 0 saturated heterocycles. The number of fused-ring (bicyclic) bond motifs is 1. The van der Waals surface area contributed by atoms with Crippen LogP contribution in [0.25, 0.3) is 22.2 Å². The third-order valence-corrected chi connectivity index (χ3v) is 5.84. The number of nitrogens with zero attached hydrogens (tertiary/aromatic N) is 3. The van der Waals surface area contributed by atoms with Crippen LogP contribution in [-0.2, 0) is 5.41 Å². The van der Waals surface area contributed by atoms with Crippen LogP contribution in [0.3, 0.4) is 0 Å². The second-order valence-electron chi connectivity index (χ2n) is 8.04. The summed E-state index contributed by atoms with van der Waals surface area (Å²) in [6.45, 7) is 5.96. The quantitative estimate of drug-likeness (QED) is 0.277. The first kappa shape index (κ1) is 21.8. The summed E-state index contributed by atoms with van der Waals surface area (Å²) in [4.78, 5) is 17.9. The third-order valence-electron chi connectivity index (χ3n) is 4.61. The van der Waals surface area contributed by atoms with E-state index in [-0.39, 0.29) is 5.56 Å². The van der Waals surface area contributed by atoms with Crippen molar-refractivity contribution in [1.29, 1.82) is 0 Å². The molecule has 0 N–H and O–H groups in total. The molecule has 2 aromatic carbocycles. The average Bonchev–Trinajstić information content (AvgIpc) is 3.18. The van der Waals surface area contributed by atoms with Gasteiger partial charge in [0.15, 0.2) is 0 Å². The van der Waals surface area contributed by atoms with Gasteiger partial charge in [0, 0.05) is 15.5 Å². The van der Waals surface area contributed by atoms with Crippen molar-refractivity contribution in [2.75, 3.05) is 0 Å². The minimum atomic E-state index is -0.397. The first-order valence-corrected chi connectivity index (χ1v) is 11.0. The molecule has 0 spiro atoms. The summed E-state index contributed by atoms with van der Waals surface area (Å²) in [7, 11) is 0. The van der Waals surface area contributed by atoms with E-state index in [9.17, 15) is 4.79 Å². The van der Waals surface area contributed by atoms with Gasteiger partial charge in [-0.25, -0.2) is 4.98 Å². The zero-order chi connectivity index (χ0) is 22.3. The lowest BCUT2D eigenvalue weighted by molar-refractivity contribution is 0.505. The lowest BCUT2D eigenvalue weighted by Crippen LogP contribution is -2.29. The van der Waals surface area contributed by atoms with Crippen molar-refractivity contribution in [2.45, 2.75) is 26.2 Å². The second-order valence-corrected chi connectivity index (χ2v) is 9.77. The zero-order valence-corrected chi connectivity index (χ0v) is 20.1. The van der Waals surface area contributed by atoms with Gasteiger partial charge >= 0.3 is 0 Å². The maximum atomic E-state index is 13.2. The van der Waals surface area contributed by atoms with Crippen LogP contribution in [0.15, 0.2) is 67.3 Å². The summed E-state index contributed by atoms with van der Waals surface area (Å²) >= 11 is 15.5. The van der Waals surface area contributed by atoms with Crippen molar-refractivity contribution < 1.29 is 4.42 Å². The lowest BCUT2D eigenvalue weighted by atomic mass is 9.95. The summed E-state index contributed by atoms with van der Waals surface area (Å²) in [6.07, 6.45) is 1.50. The van der Waals surface area contributed by atoms with Gasteiger partial charge < -0.3 is 4.42 Å². The highest BCUT2D eigenvalue weighted by Crippen LogP contribution is 2.29. The van der Waals surface area contributed by atoms with Crippen molar-refractivity contribution in [1.82, 2.24) is 9.66 Å². The molecular weight excluding hydrogens is 501 g/mol. The number of rotatable bonds is 3. The molecule has 0 radical (unpaired) electrons. The van der Waals surface area contributed by atoms with Crippen molar-refractivity contribution in [2.24, 2.45) is 5.10 Å². The summed E-state index contributed by atoms with van der Waals surface area (Å²) < 4.78 is 7.99. The number of hydrogen-bond donors (Lipinski definition) is 0. The van der Waals surface area contributed by atoms with Crippen LogP contribution in [0.4, 0.5) is 0 Å². The topological polar surface area (TPSA) is 60.4 Å². The van der Waals surface area contributed by atoms with Crippen LogP contribution in [0, 0.1) is 0 Å². The summed E-state index contributed by atoms with van der Waals surface area (Å²) in [5.74, 6) is 1.66. The highest BCUT2D eigenvalue weighted by molar-refractivity contribution is 9.10. The molecule has 0 saturated carbocycles. The highest BCUT2D eigenvalue weighted by atomic mass is 79.9. The van der Waals surface area contributed by atoms with E-state index in [0.29, 0.717) is 38.3 Å². The molecule has 2 aromatic heterocycles. The molecule has 4 rings (SSSR count). The molecule has 0 atom stereocenters. The van der Waals surface area contributed by atoms with E-state index < -0.39 is 5.41 Å². The number of aromatic nitrogens is 2. The van der Waals surface area contributed by atoms with Gasteiger partial charge in [-0.2, -0.15) is 9.78 Å². The van der Waals surface area contributed by atoms with Crippen molar-refractivity contribution in [3.63, 3.8) is 0 Å². The third kappa shape index (κ3) is 4.47. The Morgan fingerprint density at radius 1 is 1.06 bits per heavy atom. The van der Waals surface area contributed by atoms with Crippen molar-refractivity contribution >= 4 is 56.2 Å². The summed E-state index contributed by atoms with van der Waals surface area (Å²) in [5, 5.41) is 5.82. The Bertz CT molecular complexity index is 1380. The molecule has 0 bridgehead atoms. The van der Waals surface area contributed by atoms with Crippen LogP contribution in [0.2, 0.25) is 10.0 Å². The Balaban J connectivity index is 1.77. The molecule has 0 aliphatic carbocycles. The monoisotopic (exact) mass is 517 g/mol. The Labute approximate surface area is 197 Å². The molecule has 0 aliphatic heterocycles. The lowest BCUT2D eigenvalue weighted by Gasteiger charge is -2.20. The van der Waals surface area contributed by atoms with Crippen molar-refractivity contribution in [3.05, 3.63) is 85.0 Å². The molecule has 8 heteroatoms. The number of benzene rings is 2. The SMILES string of the molecule is CC(C)(C)c1nc2ccc(Br)cc2c(=O)n1N=Cc1ccc(-c2ccc(Cl)c(Cl)c2)o1. The number of furan rings is 1. The largest absolute Gasteiger partial charge is 0.455 e. The fraction of sp³-hybridized carbons (Fsp3) is 0.174. The maximum Gasteiger partial charge on any atom is 0.282 e. The molecule has 2 heterocycles. The maximum absolute atomic E-state index is 13.2. The Hall–Kier alpha value is -2.41. The summed E-state index contributed by atoms with van der Waals surface area (Å²) in [5.41, 5.74) is 0.776. The molecular formula is C23H18BrCl2N3O2. The van der Waals surface area contributed by atoms with Gasteiger partial charge in [0.05, 0.1) is 27.2 Å². The minimum Gasteiger partial charge on any atom is -0.455 e. The highest BCUT2D eigenvalue weighted by Gasteiger charge is 2.23. The first-order chi connectivity index (χ1) is 14.6. The predicted molar refractivity (Wildman–Crippen MR) is 130 cm³/mol. The standard InChI is InChI=1S/C23H18BrCl2N3O2/c1-23(2,3)22-28-19-8-5-14(24)11-16(19)21(30)29(22)27-12-15-6-9-20(31-15)13-4-7-17(25)18(26)10-13/h4-12H,1-3H3. The Morgan fingerprint density at radius 3 is 2.55 bits per heavy atom. The molecule has 158 valence electrons. The van der Waals surface area contributed by atoms with E-state index in [1.807, 2.05) is 45.0 Å². The van der Waals surface area contributed by atoms with Gasteiger partial charge in [0.2, 0.25) is 0 Å². The van der Waals surface area contributed by atoms with Crippen molar-refractivity contribution in [3.8, 4) is 11.3 Å². The Kier molecular flexibility index (Phi) is 5.81. The number of hydrogen-bond acceptors (Lipinski definition) is 4. The average molecular weight is 519 g/mol. The Morgan fingerprint density at radius 2 is 1.84 bits per heavy atom. The van der Waals surface area contributed by atoms with Crippen LogP contribution < -0.4 is 5.56 Å². The molecule has 0 fully saturated rings. The fourth-order valence-corrected chi connectivity index (χ4v) is 3.74. The minimum absolute atomic E-state index is 0.247.